The molecule has 0 fully saturated rings. The van der Waals surface area contributed by atoms with Crippen LogP contribution >= 0.6 is 0 Å². The maximum atomic E-state index is 10.6. The zero-order valence-electron chi connectivity index (χ0n) is 9.65. The monoisotopic (exact) mass is 214 g/mol. The van der Waals surface area contributed by atoms with Crippen molar-refractivity contribution in [3.05, 3.63) is 12.2 Å². The van der Waals surface area contributed by atoms with Gasteiger partial charge >= 0.3 is 11.9 Å². The van der Waals surface area contributed by atoms with Gasteiger partial charge in [-0.2, -0.15) is 0 Å². The normalized spacial score (nSPS) is 14.7. The summed E-state index contributed by atoms with van der Waals surface area (Å²) in [5.41, 5.74) is 0. The molecule has 15 heavy (non-hydrogen) atoms. The van der Waals surface area contributed by atoms with Crippen LogP contribution in [0.4, 0.5) is 0 Å². The van der Waals surface area contributed by atoms with Crippen molar-refractivity contribution in [2.45, 2.75) is 46.3 Å². The minimum Gasteiger partial charge on any atom is -0.463 e. The molecule has 0 aliphatic carbocycles. The van der Waals surface area contributed by atoms with E-state index in [1.165, 1.54) is 13.8 Å². The minimum atomic E-state index is -0.305. The third kappa shape index (κ3) is 9.00. The van der Waals surface area contributed by atoms with Gasteiger partial charge in [0.05, 0.1) is 0 Å². The highest BCUT2D eigenvalue weighted by molar-refractivity contribution is 5.66. The van der Waals surface area contributed by atoms with Gasteiger partial charge < -0.3 is 9.47 Å². The van der Waals surface area contributed by atoms with Crippen LogP contribution in [0.2, 0.25) is 0 Å². The number of esters is 2. The highest BCUT2D eigenvalue weighted by Crippen LogP contribution is 2.01. The molecule has 0 bridgehead atoms. The minimum absolute atomic E-state index is 0.150. The van der Waals surface area contributed by atoms with Crippen LogP contribution in [0.15, 0.2) is 12.2 Å². The van der Waals surface area contributed by atoms with E-state index in [-0.39, 0.29) is 24.1 Å². The van der Waals surface area contributed by atoms with Gasteiger partial charge in [0.2, 0.25) is 0 Å². The van der Waals surface area contributed by atoms with E-state index in [0.29, 0.717) is 6.42 Å². The molecule has 2 atom stereocenters. The Labute approximate surface area is 90.2 Å². The number of carbonyl (C=O) groups excluding carboxylic acids is 2. The maximum absolute atomic E-state index is 10.6. The lowest BCUT2D eigenvalue weighted by atomic mass is 10.2. The second kappa shape index (κ2) is 7.04. The Kier molecular flexibility index (Phi) is 6.42. The Bertz CT molecular complexity index is 245. The van der Waals surface area contributed by atoms with Crippen LogP contribution in [-0.4, -0.2) is 24.1 Å². The van der Waals surface area contributed by atoms with Crippen LogP contribution in [-0.2, 0) is 19.1 Å². The molecule has 0 unspecified atom stereocenters. The number of ether oxygens (including phenoxy) is 2. The predicted octanol–water partition coefficient (Wildman–Crippen LogP) is 1.84. The van der Waals surface area contributed by atoms with E-state index in [9.17, 15) is 9.59 Å². The largest absolute Gasteiger partial charge is 0.463 e. The second-order valence-electron chi connectivity index (χ2n) is 3.40. The van der Waals surface area contributed by atoms with Crippen molar-refractivity contribution in [1.82, 2.24) is 0 Å². The van der Waals surface area contributed by atoms with E-state index in [0.717, 1.165) is 0 Å². The molecule has 0 N–H and O–H groups in total. The Morgan fingerprint density at radius 2 is 1.67 bits per heavy atom. The lowest BCUT2D eigenvalue weighted by Crippen LogP contribution is -2.12. The lowest BCUT2D eigenvalue weighted by molar-refractivity contribution is -0.145. The van der Waals surface area contributed by atoms with Gasteiger partial charge in [0.25, 0.3) is 0 Å². The van der Waals surface area contributed by atoms with Crippen molar-refractivity contribution in [3.8, 4) is 0 Å². The van der Waals surface area contributed by atoms with Crippen LogP contribution < -0.4 is 0 Å². The maximum Gasteiger partial charge on any atom is 0.303 e. The summed E-state index contributed by atoms with van der Waals surface area (Å²) in [6.07, 6.45) is 3.82. The quantitative estimate of drug-likeness (QED) is 0.517. The summed E-state index contributed by atoms with van der Waals surface area (Å²) in [5.74, 6) is -0.593. The standard InChI is InChI=1S/C11H18O4/c1-8(14-10(3)12)6-5-7-9(2)15-11(4)13/h5-6,8-9H,7H2,1-4H3/b6-5+/t8-,9-/m1/s1. The fraction of sp³-hybridized carbons (Fsp3) is 0.636. The first-order valence-electron chi connectivity index (χ1n) is 4.93. The Morgan fingerprint density at radius 3 is 2.13 bits per heavy atom. The Hall–Kier alpha value is -1.32. The molecule has 0 heterocycles. The number of carbonyl (C=O) groups is 2. The highest BCUT2D eigenvalue weighted by atomic mass is 16.5. The third-order valence-corrected chi connectivity index (χ3v) is 1.59. The van der Waals surface area contributed by atoms with Gasteiger partial charge in [-0.15, -0.1) is 0 Å². The average Bonchev–Trinajstić information content (AvgIpc) is 2.00. The van der Waals surface area contributed by atoms with Gasteiger partial charge in [-0.1, -0.05) is 6.08 Å². The molecule has 0 spiro atoms. The molecule has 86 valence electrons. The van der Waals surface area contributed by atoms with Crippen LogP contribution in [0.5, 0.6) is 0 Å². The summed E-state index contributed by atoms with van der Waals surface area (Å²) < 4.78 is 9.79. The zero-order valence-corrected chi connectivity index (χ0v) is 9.65. The van der Waals surface area contributed by atoms with Crippen molar-refractivity contribution >= 4 is 11.9 Å². The van der Waals surface area contributed by atoms with Gasteiger partial charge in [0.15, 0.2) is 0 Å². The van der Waals surface area contributed by atoms with Crippen molar-refractivity contribution in [3.63, 3.8) is 0 Å². The molecule has 0 aliphatic heterocycles. The molecule has 0 aromatic rings. The van der Waals surface area contributed by atoms with Crippen LogP contribution in [0.25, 0.3) is 0 Å². The molecule has 0 rings (SSSR count). The van der Waals surface area contributed by atoms with Gasteiger partial charge in [0.1, 0.15) is 12.2 Å². The third-order valence-electron chi connectivity index (χ3n) is 1.59. The molecule has 0 saturated heterocycles. The lowest BCUT2D eigenvalue weighted by Gasteiger charge is -2.09. The van der Waals surface area contributed by atoms with Gasteiger partial charge in [0, 0.05) is 20.3 Å². The summed E-state index contributed by atoms with van der Waals surface area (Å²) in [6.45, 7) is 6.32. The first kappa shape index (κ1) is 13.7. The van der Waals surface area contributed by atoms with E-state index in [2.05, 4.69) is 0 Å². The van der Waals surface area contributed by atoms with Crippen molar-refractivity contribution in [2.24, 2.45) is 0 Å². The summed E-state index contributed by atoms with van der Waals surface area (Å²) in [7, 11) is 0. The first-order chi connectivity index (χ1) is 6.91. The number of hydrogen-bond donors (Lipinski definition) is 0. The van der Waals surface area contributed by atoms with Crippen LogP contribution in [0.3, 0.4) is 0 Å². The van der Waals surface area contributed by atoms with Gasteiger partial charge in [-0.3, -0.25) is 9.59 Å². The number of hydrogen-bond acceptors (Lipinski definition) is 4. The Balaban J connectivity index is 3.78. The molecule has 0 radical (unpaired) electrons. The smallest absolute Gasteiger partial charge is 0.303 e. The second-order valence-corrected chi connectivity index (χ2v) is 3.40. The molecule has 0 amide bonds. The molecule has 0 aliphatic rings. The zero-order chi connectivity index (χ0) is 11.8. The van der Waals surface area contributed by atoms with Crippen molar-refractivity contribution < 1.29 is 19.1 Å². The summed E-state index contributed by atoms with van der Waals surface area (Å²) >= 11 is 0. The fourth-order valence-electron chi connectivity index (χ4n) is 1.09. The number of rotatable bonds is 5. The SMILES string of the molecule is CC(=O)O[C@H](C)/C=C/C[C@@H](C)OC(C)=O. The van der Waals surface area contributed by atoms with Crippen molar-refractivity contribution in [2.75, 3.05) is 0 Å². The fourth-order valence-corrected chi connectivity index (χ4v) is 1.09. The Morgan fingerprint density at radius 1 is 1.13 bits per heavy atom. The summed E-state index contributed by atoms with van der Waals surface area (Å²) in [5, 5.41) is 0. The van der Waals surface area contributed by atoms with Crippen LogP contribution in [0, 0.1) is 0 Å². The average molecular weight is 214 g/mol. The molecule has 4 heteroatoms. The van der Waals surface area contributed by atoms with E-state index in [1.54, 1.807) is 13.0 Å². The molecule has 0 saturated carbocycles. The topological polar surface area (TPSA) is 52.6 Å². The van der Waals surface area contributed by atoms with E-state index in [4.69, 9.17) is 9.47 Å². The predicted molar refractivity (Wildman–Crippen MR) is 56.2 cm³/mol. The van der Waals surface area contributed by atoms with E-state index < -0.39 is 0 Å². The molecule has 0 aromatic carbocycles. The molecular weight excluding hydrogens is 196 g/mol. The van der Waals surface area contributed by atoms with Crippen LogP contribution in [0.1, 0.15) is 34.1 Å². The van der Waals surface area contributed by atoms with E-state index >= 15 is 0 Å². The highest BCUT2D eigenvalue weighted by Gasteiger charge is 2.03. The van der Waals surface area contributed by atoms with Gasteiger partial charge in [-0.05, 0) is 19.9 Å². The van der Waals surface area contributed by atoms with Crippen molar-refractivity contribution in [1.29, 1.82) is 0 Å². The van der Waals surface area contributed by atoms with E-state index in [1.807, 2.05) is 13.0 Å². The molecule has 4 nitrogen and oxygen atoms in total. The molecular formula is C11H18O4. The van der Waals surface area contributed by atoms with Gasteiger partial charge in [-0.25, -0.2) is 0 Å². The molecule has 0 aromatic heterocycles. The summed E-state index contributed by atoms with van der Waals surface area (Å²) in [6, 6.07) is 0. The summed E-state index contributed by atoms with van der Waals surface area (Å²) in [4.78, 5) is 21.2. The first-order valence-corrected chi connectivity index (χ1v) is 4.93.